The van der Waals surface area contributed by atoms with E-state index in [0.717, 1.165) is 54.2 Å². The standard InChI is InChI=1S/C38H35ClN4O4/c1-5-41(6-2)26-14-16-31-34(20-26)47-35-21-27(42(7-3)8-4)15-17-32(35)38(31)30-12-10-9-11-28(30)37(45)43(38)40-22-24-23-46-33-18-13-25(39)19-29(33)36(24)44/h9-23H,5-8H2,1-4H3/b40-22+. The number of hydrazone groups is 1. The summed E-state index contributed by atoms with van der Waals surface area (Å²) in [5.74, 6) is 0.996. The maximum absolute atomic E-state index is 14.4. The van der Waals surface area contributed by atoms with Gasteiger partial charge < -0.3 is 19.0 Å². The van der Waals surface area contributed by atoms with Gasteiger partial charge in [0.1, 0.15) is 28.9 Å². The summed E-state index contributed by atoms with van der Waals surface area (Å²) in [6.07, 6.45) is 2.77. The van der Waals surface area contributed by atoms with Crippen LogP contribution in [0.4, 0.5) is 11.4 Å². The number of amides is 1. The molecule has 0 unspecified atom stereocenters. The zero-order valence-corrected chi connectivity index (χ0v) is 27.5. The van der Waals surface area contributed by atoms with Gasteiger partial charge in [0.25, 0.3) is 5.91 Å². The average Bonchev–Trinajstić information content (AvgIpc) is 3.33. The molecule has 3 heterocycles. The Hall–Kier alpha value is -5.08. The van der Waals surface area contributed by atoms with Crippen molar-refractivity contribution in [1.82, 2.24) is 5.01 Å². The fraction of sp³-hybridized carbons (Fsp3) is 0.237. The van der Waals surface area contributed by atoms with E-state index in [2.05, 4.69) is 49.6 Å². The van der Waals surface area contributed by atoms with Crippen molar-refractivity contribution in [1.29, 1.82) is 0 Å². The molecule has 0 atom stereocenters. The van der Waals surface area contributed by atoms with Crippen molar-refractivity contribution in [2.24, 2.45) is 5.10 Å². The van der Waals surface area contributed by atoms with Crippen LogP contribution in [0.15, 0.2) is 99.4 Å². The van der Waals surface area contributed by atoms with Gasteiger partial charge >= 0.3 is 0 Å². The average molecular weight is 647 g/mol. The Labute approximate surface area is 278 Å². The van der Waals surface area contributed by atoms with E-state index in [0.29, 0.717) is 33.1 Å². The quantitative estimate of drug-likeness (QED) is 0.159. The molecule has 5 aromatic rings. The van der Waals surface area contributed by atoms with Crippen LogP contribution < -0.4 is 20.0 Å². The van der Waals surface area contributed by atoms with Gasteiger partial charge in [0.15, 0.2) is 0 Å². The molecule has 47 heavy (non-hydrogen) atoms. The number of hydrogen-bond donors (Lipinski definition) is 0. The molecule has 0 fully saturated rings. The summed E-state index contributed by atoms with van der Waals surface area (Å²) >= 11 is 6.20. The summed E-state index contributed by atoms with van der Waals surface area (Å²) < 4.78 is 12.5. The molecule has 0 aliphatic carbocycles. The zero-order valence-electron chi connectivity index (χ0n) is 26.8. The second-order valence-corrected chi connectivity index (χ2v) is 12.0. The predicted molar refractivity (Wildman–Crippen MR) is 188 cm³/mol. The summed E-state index contributed by atoms with van der Waals surface area (Å²) in [7, 11) is 0. The Balaban J connectivity index is 1.49. The van der Waals surface area contributed by atoms with E-state index < -0.39 is 5.54 Å². The molecule has 0 bridgehead atoms. The third-order valence-corrected chi connectivity index (χ3v) is 9.55. The maximum Gasteiger partial charge on any atom is 0.275 e. The number of carbonyl (C=O) groups excluding carboxylic acids is 1. The van der Waals surface area contributed by atoms with Crippen LogP contribution in [-0.4, -0.2) is 43.3 Å². The fourth-order valence-corrected chi connectivity index (χ4v) is 7.15. The van der Waals surface area contributed by atoms with Gasteiger partial charge in [-0.2, -0.15) is 5.10 Å². The normalized spacial score (nSPS) is 14.3. The molecule has 4 aromatic carbocycles. The van der Waals surface area contributed by atoms with Gasteiger partial charge in [0.2, 0.25) is 5.43 Å². The topological polar surface area (TPSA) is 78.6 Å². The highest BCUT2D eigenvalue weighted by molar-refractivity contribution is 6.31. The van der Waals surface area contributed by atoms with E-state index in [4.69, 9.17) is 25.9 Å². The Morgan fingerprint density at radius 2 is 1.40 bits per heavy atom. The molecular formula is C38H35ClN4O4. The molecular weight excluding hydrogens is 612 g/mol. The molecule has 1 amide bonds. The minimum atomic E-state index is -1.17. The van der Waals surface area contributed by atoms with Crippen LogP contribution in [0.3, 0.4) is 0 Å². The van der Waals surface area contributed by atoms with E-state index in [9.17, 15) is 9.59 Å². The fourth-order valence-electron chi connectivity index (χ4n) is 6.97. The molecule has 238 valence electrons. The van der Waals surface area contributed by atoms with Crippen LogP contribution in [0.25, 0.3) is 11.0 Å². The molecule has 2 aliphatic heterocycles. The molecule has 9 heteroatoms. The van der Waals surface area contributed by atoms with Crippen LogP contribution in [0.1, 0.15) is 60.3 Å². The molecule has 1 aromatic heterocycles. The van der Waals surface area contributed by atoms with Gasteiger partial charge in [-0.3, -0.25) is 9.59 Å². The molecule has 7 rings (SSSR count). The monoisotopic (exact) mass is 646 g/mol. The number of ether oxygens (including phenoxy) is 1. The van der Waals surface area contributed by atoms with Crippen molar-refractivity contribution in [3.63, 3.8) is 0 Å². The van der Waals surface area contributed by atoms with Crippen molar-refractivity contribution in [3.8, 4) is 11.5 Å². The zero-order chi connectivity index (χ0) is 32.9. The Bertz CT molecular complexity index is 2050. The van der Waals surface area contributed by atoms with Gasteiger partial charge in [-0.05, 0) is 64.1 Å². The van der Waals surface area contributed by atoms with Gasteiger partial charge in [0.05, 0.1) is 17.2 Å². The van der Waals surface area contributed by atoms with E-state index >= 15 is 0 Å². The number of rotatable bonds is 8. The van der Waals surface area contributed by atoms with Crippen LogP contribution in [0.2, 0.25) is 5.02 Å². The first-order valence-corrected chi connectivity index (χ1v) is 16.4. The van der Waals surface area contributed by atoms with Crippen molar-refractivity contribution >= 4 is 46.1 Å². The minimum Gasteiger partial charge on any atom is -0.463 e. The van der Waals surface area contributed by atoms with E-state index in [1.165, 1.54) is 17.5 Å². The molecule has 8 nitrogen and oxygen atoms in total. The van der Waals surface area contributed by atoms with Gasteiger partial charge in [-0.15, -0.1) is 0 Å². The second kappa shape index (κ2) is 11.9. The number of halogens is 1. The lowest BCUT2D eigenvalue weighted by atomic mass is 9.75. The Kier molecular flexibility index (Phi) is 7.76. The summed E-state index contributed by atoms with van der Waals surface area (Å²) in [6.45, 7) is 11.8. The summed E-state index contributed by atoms with van der Waals surface area (Å²) in [5, 5.41) is 7.07. The van der Waals surface area contributed by atoms with Crippen molar-refractivity contribution < 1.29 is 13.9 Å². The van der Waals surface area contributed by atoms with Crippen molar-refractivity contribution in [3.05, 3.63) is 128 Å². The van der Waals surface area contributed by atoms with Crippen molar-refractivity contribution in [2.75, 3.05) is 36.0 Å². The second-order valence-electron chi connectivity index (χ2n) is 11.6. The van der Waals surface area contributed by atoms with Crippen LogP contribution in [0.5, 0.6) is 11.5 Å². The molecule has 1 spiro atoms. The third-order valence-electron chi connectivity index (χ3n) is 9.32. The third kappa shape index (κ3) is 4.69. The van der Waals surface area contributed by atoms with Crippen LogP contribution in [-0.2, 0) is 5.54 Å². The Morgan fingerprint density at radius 3 is 2.02 bits per heavy atom. The Morgan fingerprint density at radius 1 is 0.787 bits per heavy atom. The highest BCUT2D eigenvalue weighted by atomic mass is 35.5. The van der Waals surface area contributed by atoms with Crippen molar-refractivity contribution in [2.45, 2.75) is 33.2 Å². The molecule has 0 radical (unpaired) electrons. The molecule has 0 saturated carbocycles. The van der Waals surface area contributed by atoms with Crippen LogP contribution >= 0.6 is 11.6 Å². The lowest BCUT2D eigenvalue weighted by Crippen LogP contribution is -2.44. The number of hydrogen-bond acceptors (Lipinski definition) is 7. The van der Waals surface area contributed by atoms with Gasteiger partial charge in [0, 0.05) is 77.0 Å². The number of benzene rings is 4. The summed E-state index contributed by atoms with van der Waals surface area (Å²) in [5.41, 5.74) is 4.07. The highest BCUT2D eigenvalue weighted by Crippen LogP contribution is 2.58. The first kappa shape index (κ1) is 30.6. The summed E-state index contributed by atoms with van der Waals surface area (Å²) in [6, 6.07) is 24.8. The number of carbonyl (C=O) groups is 1. The first-order chi connectivity index (χ1) is 22.8. The molecule has 0 N–H and O–H groups in total. The van der Waals surface area contributed by atoms with E-state index in [-0.39, 0.29) is 16.9 Å². The maximum atomic E-state index is 14.4. The first-order valence-electron chi connectivity index (χ1n) is 16.0. The lowest BCUT2D eigenvalue weighted by molar-refractivity contribution is 0.0675. The highest BCUT2D eigenvalue weighted by Gasteiger charge is 2.57. The number of anilines is 2. The summed E-state index contributed by atoms with van der Waals surface area (Å²) in [4.78, 5) is 32.5. The smallest absolute Gasteiger partial charge is 0.275 e. The van der Waals surface area contributed by atoms with Gasteiger partial charge in [-0.25, -0.2) is 5.01 Å². The number of nitrogens with zero attached hydrogens (tertiary/aromatic N) is 4. The molecule has 0 saturated heterocycles. The van der Waals surface area contributed by atoms with E-state index in [1.54, 1.807) is 18.2 Å². The molecule has 2 aliphatic rings. The SMILES string of the molecule is CCN(CC)c1ccc2c(c1)Oc1cc(N(CC)CC)ccc1C21c2ccccc2C(=O)N1/N=C/c1coc2ccc(Cl)cc2c1=O. The largest absolute Gasteiger partial charge is 0.463 e. The minimum absolute atomic E-state index is 0.194. The van der Waals surface area contributed by atoms with E-state index in [1.807, 2.05) is 48.5 Å². The lowest BCUT2D eigenvalue weighted by Gasteiger charge is -2.42. The predicted octanol–water partition coefficient (Wildman–Crippen LogP) is 8.03. The van der Waals surface area contributed by atoms with Crippen LogP contribution in [0, 0.1) is 0 Å². The van der Waals surface area contributed by atoms with Gasteiger partial charge in [-0.1, -0.05) is 41.9 Å². The number of fused-ring (bicyclic) bond motifs is 7.